The van der Waals surface area contributed by atoms with Crippen molar-refractivity contribution in [3.8, 4) is 0 Å². The molecule has 2 atom stereocenters. The average molecular weight is 142 g/mol. The Balaban J connectivity index is 2.35. The van der Waals surface area contributed by atoms with Gasteiger partial charge in [-0.1, -0.05) is 13.8 Å². The molecular weight excluding hydrogens is 124 g/mol. The third kappa shape index (κ3) is 1.96. The number of hydrogen-bond acceptors (Lipinski definition) is 2. The molecule has 2 N–H and O–H groups in total. The van der Waals surface area contributed by atoms with Crippen molar-refractivity contribution in [2.45, 2.75) is 26.3 Å². The number of piperidine rings is 1. The van der Waals surface area contributed by atoms with Crippen LogP contribution in [-0.2, 0) is 0 Å². The van der Waals surface area contributed by atoms with E-state index in [1.165, 1.54) is 13.0 Å². The van der Waals surface area contributed by atoms with Crippen LogP contribution in [0.1, 0.15) is 20.3 Å². The Morgan fingerprint density at radius 2 is 2.20 bits per heavy atom. The molecule has 2 nitrogen and oxygen atoms in total. The molecule has 10 heavy (non-hydrogen) atoms. The zero-order chi connectivity index (χ0) is 7.56. The molecule has 1 saturated heterocycles. The number of likely N-dealkylation sites (N-methyl/N-ethyl adjacent to an activating group) is 1. The Morgan fingerprint density at radius 3 is 2.70 bits per heavy atom. The van der Waals surface area contributed by atoms with Gasteiger partial charge in [-0.05, 0) is 18.9 Å². The SMILES string of the molecule is CCN1C[C@@H](C)C[C@@H](N)C1. The maximum atomic E-state index is 5.85. The fraction of sp³-hybridized carbons (Fsp3) is 1.00. The molecule has 0 aliphatic carbocycles. The van der Waals surface area contributed by atoms with Gasteiger partial charge in [0.05, 0.1) is 0 Å². The van der Waals surface area contributed by atoms with Gasteiger partial charge >= 0.3 is 0 Å². The van der Waals surface area contributed by atoms with E-state index >= 15 is 0 Å². The van der Waals surface area contributed by atoms with E-state index < -0.39 is 0 Å². The van der Waals surface area contributed by atoms with E-state index in [9.17, 15) is 0 Å². The Kier molecular flexibility index (Phi) is 2.69. The molecule has 2 heteroatoms. The number of rotatable bonds is 1. The predicted octanol–water partition coefficient (Wildman–Crippen LogP) is 0.675. The summed E-state index contributed by atoms with van der Waals surface area (Å²) in [5.74, 6) is 0.795. The lowest BCUT2D eigenvalue weighted by Gasteiger charge is -2.33. The minimum atomic E-state index is 0.420. The molecule has 0 bridgehead atoms. The second-order valence-electron chi connectivity index (χ2n) is 3.45. The van der Waals surface area contributed by atoms with E-state index in [0.29, 0.717) is 6.04 Å². The highest BCUT2D eigenvalue weighted by atomic mass is 15.1. The van der Waals surface area contributed by atoms with Crippen molar-refractivity contribution in [2.75, 3.05) is 19.6 Å². The van der Waals surface area contributed by atoms with Crippen LogP contribution in [0.4, 0.5) is 0 Å². The standard InChI is InChI=1S/C8H18N2/c1-3-10-5-7(2)4-8(9)6-10/h7-8H,3-6,9H2,1-2H3/t7-,8+/m0/s1. The Hall–Kier alpha value is -0.0800. The molecule has 1 aliphatic heterocycles. The first-order valence-electron chi connectivity index (χ1n) is 4.20. The summed E-state index contributed by atoms with van der Waals surface area (Å²) in [4.78, 5) is 2.43. The van der Waals surface area contributed by atoms with Gasteiger partial charge in [0.2, 0.25) is 0 Å². The summed E-state index contributed by atoms with van der Waals surface area (Å²) in [6.45, 7) is 7.97. The van der Waals surface area contributed by atoms with Crippen LogP contribution >= 0.6 is 0 Å². The van der Waals surface area contributed by atoms with E-state index in [0.717, 1.165) is 19.0 Å². The van der Waals surface area contributed by atoms with E-state index in [-0.39, 0.29) is 0 Å². The summed E-state index contributed by atoms with van der Waals surface area (Å²) < 4.78 is 0. The topological polar surface area (TPSA) is 29.3 Å². The van der Waals surface area contributed by atoms with Crippen molar-refractivity contribution in [1.29, 1.82) is 0 Å². The van der Waals surface area contributed by atoms with E-state index in [4.69, 9.17) is 5.73 Å². The number of nitrogens with zero attached hydrogens (tertiary/aromatic N) is 1. The molecule has 0 aromatic carbocycles. The lowest BCUT2D eigenvalue weighted by atomic mass is 9.97. The van der Waals surface area contributed by atoms with Crippen LogP contribution in [0.25, 0.3) is 0 Å². The van der Waals surface area contributed by atoms with Crippen molar-refractivity contribution < 1.29 is 0 Å². The van der Waals surface area contributed by atoms with E-state index in [1.807, 2.05) is 0 Å². The van der Waals surface area contributed by atoms with Crippen LogP contribution in [0, 0.1) is 5.92 Å². The highest BCUT2D eigenvalue weighted by molar-refractivity contribution is 4.78. The zero-order valence-corrected chi connectivity index (χ0v) is 7.01. The molecule has 0 spiro atoms. The van der Waals surface area contributed by atoms with Crippen molar-refractivity contribution >= 4 is 0 Å². The van der Waals surface area contributed by atoms with Crippen LogP contribution in [0.15, 0.2) is 0 Å². The third-order valence-corrected chi connectivity index (χ3v) is 2.21. The maximum Gasteiger partial charge on any atom is 0.0170 e. The average Bonchev–Trinajstić information content (AvgIpc) is 1.85. The van der Waals surface area contributed by atoms with Crippen LogP contribution < -0.4 is 5.73 Å². The van der Waals surface area contributed by atoms with Crippen molar-refractivity contribution in [3.05, 3.63) is 0 Å². The summed E-state index contributed by atoms with van der Waals surface area (Å²) >= 11 is 0. The third-order valence-electron chi connectivity index (χ3n) is 2.21. The summed E-state index contributed by atoms with van der Waals surface area (Å²) in [5.41, 5.74) is 5.85. The second kappa shape index (κ2) is 3.35. The minimum absolute atomic E-state index is 0.420. The van der Waals surface area contributed by atoms with Crippen LogP contribution in [-0.4, -0.2) is 30.6 Å². The fourth-order valence-electron chi connectivity index (χ4n) is 1.77. The first-order valence-corrected chi connectivity index (χ1v) is 4.20. The van der Waals surface area contributed by atoms with Crippen LogP contribution in [0.2, 0.25) is 0 Å². The molecule has 0 radical (unpaired) electrons. The molecule has 0 aromatic rings. The normalized spacial score (nSPS) is 36.3. The lowest BCUT2D eigenvalue weighted by molar-refractivity contribution is 0.173. The molecule has 0 unspecified atom stereocenters. The quantitative estimate of drug-likeness (QED) is 0.583. The van der Waals surface area contributed by atoms with Crippen molar-refractivity contribution in [1.82, 2.24) is 4.90 Å². The van der Waals surface area contributed by atoms with E-state index in [1.54, 1.807) is 0 Å². The smallest absolute Gasteiger partial charge is 0.0170 e. The predicted molar refractivity (Wildman–Crippen MR) is 43.9 cm³/mol. The number of nitrogens with two attached hydrogens (primary N) is 1. The fourth-order valence-corrected chi connectivity index (χ4v) is 1.77. The Bertz CT molecular complexity index is 93.4. The molecule has 0 saturated carbocycles. The summed E-state index contributed by atoms with van der Waals surface area (Å²) in [5, 5.41) is 0. The zero-order valence-electron chi connectivity index (χ0n) is 7.01. The molecule has 1 heterocycles. The van der Waals surface area contributed by atoms with Gasteiger partial charge in [0.15, 0.2) is 0 Å². The summed E-state index contributed by atoms with van der Waals surface area (Å²) in [6, 6.07) is 0.420. The monoisotopic (exact) mass is 142 g/mol. The Morgan fingerprint density at radius 1 is 1.50 bits per heavy atom. The molecule has 1 aliphatic rings. The summed E-state index contributed by atoms with van der Waals surface area (Å²) in [6.07, 6.45) is 1.20. The lowest BCUT2D eigenvalue weighted by Crippen LogP contribution is -2.45. The van der Waals surface area contributed by atoms with Gasteiger partial charge in [-0.3, -0.25) is 0 Å². The van der Waals surface area contributed by atoms with Gasteiger partial charge < -0.3 is 10.6 Å². The highest BCUT2D eigenvalue weighted by Gasteiger charge is 2.20. The number of likely N-dealkylation sites (tertiary alicyclic amines) is 1. The molecule has 0 aromatic heterocycles. The van der Waals surface area contributed by atoms with Crippen LogP contribution in [0.5, 0.6) is 0 Å². The number of hydrogen-bond donors (Lipinski definition) is 1. The van der Waals surface area contributed by atoms with Crippen molar-refractivity contribution in [2.24, 2.45) is 11.7 Å². The maximum absolute atomic E-state index is 5.85. The molecule has 60 valence electrons. The van der Waals surface area contributed by atoms with E-state index in [2.05, 4.69) is 18.7 Å². The van der Waals surface area contributed by atoms with Gasteiger partial charge in [0.1, 0.15) is 0 Å². The summed E-state index contributed by atoms with van der Waals surface area (Å²) in [7, 11) is 0. The molecule has 1 fully saturated rings. The molecule has 1 rings (SSSR count). The minimum Gasteiger partial charge on any atom is -0.327 e. The van der Waals surface area contributed by atoms with Crippen molar-refractivity contribution in [3.63, 3.8) is 0 Å². The van der Waals surface area contributed by atoms with Gasteiger partial charge in [-0.2, -0.15) is 0 Å². The van der Waals surface area contributed by atoms with Gasteiger partial charge in [0, 0.05) is 19.1 Å². The molecule has 0 amide bonds. The van der Waals surface area contributed by atoms with Gasteiger partial charge in [0.25, 0.3) is 0 Å². The van der Waals surface area contributed by atoms with Crippen LogP contribution in [0.3, 0.4) is 0 Å². The largest absolute Gasteiger partial charge is 0.327 e. The first kappa shape index (κ1) is 8.02. The van der Waals surface area contributed by atoms with Gasteiger partial charge in [-0.25, -0.2) is 0 Å². The molecular formula is C8H18N2. The second-order valence-corrected chi connectivity index (χ2v) is 3.45. The van der Waals surface area contributed by atoms with Gasteiger partial charge in [-0.15, -0.1) is 0 Å². The highest BCUT2D eigenvalue weighted by Crippen LogP contribution is 2.13. The Labute approximate surface area is 63.4 Å². The first-order chi connectivity index (χ1) is 4.72.